The van der Waals surface area contributed by atoms with Gasteiger partial charge in [-0.3, -0.25) is 0 Å². The predicted molar refractivity (Wildman–Crippen MR) is 61.2 cm³/mol. The van der Waals surface area contributed by atoms with Crippen LogP contribution in [0.1, 0.15) is 30.9 Å². The third-order valence-electron chi connectivity index (χ3n) is 3.18. The Morgan fingerprint density at radius 2 is 2.06 bits per heavy atom. The van der Waals surface area contributed by atoms with Gasteiger partial charge in [0.15, 0.2) is 0 Å². The number of rotatable bonds is 3. The molecule has 0 saturated heterocycles. The van der Waals surface area contributed by atoms with Crippen molar-refractivity contribution in [3.05, 3.63) is 34.2 Å². The van der Waals surface area contributed by atoms with Crippen molar-refractivity contribution in [3.8, 4) is 0 Å². The number of aromatic amines is 2. The van der Waals surface area contributed by atoms with E-state index in [0.717, 1.165) is 23.0 Å². The Hall–Kier alpha value is -1.55. The fourth-order valence-electron chi connectivity index (χ4n) is 2.06. The molecule has 2 aromatic rings. The van der Waals surface area contributed by atoms with Gasteiger partial charge in [0.2, 0.25) is 0 Å². The Balaban J connectivity index is 1.93. The Kier molecular flexibility index (Phi) is 2.11. The van der Waals surface area contributed by atoms with Crippen molar-refractivity contribution in [1.82, 2.24) is 9.97 Å². The van der Waals surface area contributed by atoms with E-state index in [2.05, 4.69) is 9.97 Å². The van der Waals surface area contributed by atoms with Crippen molar-refractivity contribution in [2.75, 3.05) is 0 Å². The van der Waals surface area contributed by atoms with Crippen LogP contribution in [0.4, 0.5) is 0 Å². The Bertz CT molecular complexity index is 566. The van der Waals surface area contributed by atoms with Gasteiger partial charge in [-0.15, -0.1) is 0 Å². The summed E-state index contributed by atoms with van der Waals surface area (Å²) in [7, 11) is 0. The molecule has 16 heavy (non-hydrogen) atoms. The molecular weight excluding hydrogens is 204 g/mol. The Labute approximate surface area is 92.3 Å². The monoisotopic (exact) mass is 218 g/mol. The van der Waals surface area contributed by atoms with E-state index in [-0.39, 0.29) is 5.69 Å². The van der Waals surface area contributed by atoms with Gasteiger partial charge in [-0.25, -0.2) is 4.79 Å². The fourth-order valence-corrected chi connectivity index (χ4v) is 2.06. The molecule has 0 amide bonds. The summed E-state index contributed by atoms with van der Waals surface area (Å²) in [5, 5.41) is 9.99. The Morgan fingerprint density at radius 3 is 2.81 bits per heavy atom. The summed E-state index contributed by atoms with van der Waals surface area (Å²) in [5.74, 6) is 0.691. The normalized spacial score (nSPS) is 17.8. The highest BCUT2D eigenvalue weighted by molar-refractivity contribution is 5.75. The number of aromatic nitrogens is 2. The van der Waals surface area contributed by atoms with Gasteiger partial charge >= 0.3 is 5.69 Å². The number of hydrogen-bond acceptors (Lipinski definition) is 2. The van der Waals surface area contributed by atoms with Gasteiger partial charge < -0.3 is 15.1 Å². The number of aliphatic hydroxyl groups excluding tert-OH is 1. The first-order valence-corrected chi connectivity index (χ1v) is 5.62. The van der Waals surface area contributed by atoms with Crippen LogP contribution in [0.3, 0.4) is 0 Å². The predicted octanol–water partition coefficient (Wildman–Crippen LogP) is 1.69. The molecule has 1 atom stereocenters. The van der Waals surface area contributed by atoms with Gasteiger partial charge in [0.25, 0.3) is 0 Å². The van der Waals surface area contributed by atoms with Gasteiger partial charge in [-0.1, -0.05) is 18.9 Å². The highest BCUT2D eigenvalue weighted by Gasteiger charge is 2.25. The lowest BCUT2D eigenvalue weighted by atomic mass is 10.0. The van der Waals surface area contributed by atoms with E-state index in [4.69, 9.17) is 0 Å². The summed E-state index contributed by atoms with van der Waals surface area (Å²) >= 11 is 0. The summed E-state index contributed by atoms with van der Waals surface area (Å²) < 4.78 is 0. The molecule has 0 spiro atoms. The van der Waals surface area contributed by atoms with E-state index in [1.54, 1.807) is 0 Å². The maximum Gasteiger partial charge on any atom is 0.323 e. The van der Waals surface area contributed by atoms with Crippen LogP contribution < -0.4 is 5.69 Å². The number of benzene rings is 1. The van der Waals surface area contributed by atoms with Gasteiger partial charge in [-0.2, -0.15) is 0 Å². The molecule has 0 radical (unpaired) electrons. The summed E-state index contributed by atoms with van der Waals surface area (Å²) in [6.07, 6.45) is 2.90. The minimum absolute atomic E-state index is 0.205. The second kappa shape index (κ2) is 3.49. The molecular formula is C12H14N2O2. The van der Waals surface area contributed by atoms with Crippen molar-refractivity contribution in [3.63, 3.8) is 0 Å². The SMILES string of the molecule is O=c1[nH]c2ccc(C(O)CC3CC3)cc2[nH]1. The molecule has 1 aliphatic carbocycles. The van der Waals surface area contributed by atoms with Crippen molar-refractivity contribution in [1.29, 1.82) is 0 Å². The summed E-state index contributed by atoms with van der Waals surface area (Å²) in [5.41, 5.74) is 2.23. The van der Waals surface area contributed by atoms with Crippen LogP contribution in [0.2, 0.25) is 0 Å². The van der Waals surface area contributed by atoms with Gasteiger partial charge in [0.05, 0.1) is 17.1 Å². The largest absolute Gasteiger partial charge is 0.388 e. The molecule has 1 unspecified atom stereocenters. The van der Waals surface area contributed by atoms with Crippen LogP contribution in [0.15, 0.2) is 23.0 Å². The van der Waals surface area contributed by atoms with Crippen molar-refractivity contribution in [2.24, 2.45) is 5.92 Å². The molecule has 3 N–H and O–H groups in total. The molecule has 84 valence electrons. The molecule has 1 fully saturated rings. The number of hydrogen-bond donors (Lipinski definition) is 3. The molecule has 0 bridgehead atoms. The van der Waals surface area contributed by atoms with Crippen molar-refractivity contribution in [2.45, 2.75) is 25.4 Å². The van der Waals surface area contributed by atoms with Crippen LogP contribution in [0.25, 0.3) is 11.0 Å². The molecule has 4 heteroatoms. The Morgan fingerprint density at radius 1 is 1.31 bits per heavy atom. The second-order valence-electron chi connectivity index (χ2n) is 4.58. The topological polar surface area (TPSA) is 68.9 Å². The highest BCUT2D eigenvalue weighted by Crippen LogP contribution is 2.37. The van der Waals surface area contributed by atoms with Gasteiger partial charge in [-0.05, 0) is 30.0 Å². The third-order valence-corrected chi connectivity index (χ3v) is 3.18. The quantitative estimate of drug-likeness (QED) is 0.733. The number of imidazole rings is 1. The maximum absolute atomic E-state index is 11.1. The first-order valence-electron chi connectivity index (χ1n) is 5.62. The van der Waals surface area contributed by atoms with Crippen LogP contribution in [0, 0.1) is 5.92 Å². The number of nitrogens with one attached hydrogen (secondary N) is 2. The van der Waals surface area contributed by atoms with Crippen LogP contribution in [-0.4, -0.2) is 15.1 Å². The maximum atomic E-state index is 11.1. The highest BCUT2D eigenvalue weighted by atomic mass is 16.3. The van der Waals surface area contributed by atoms with Crippen molar-refractivity contribution >= 4 is 11.0 Å². The molecule has 1 aromatic carbocycles. The standard InChI is InChI=1S/C12H14N2O2/c15-11(5-7-1-2-7)8-3-4-9-10(6-8)14-12(16)13-9/h3-4,6-7,11,15H,1-2,5H2,(H2,13,14,16). The summed E-state index contributed by atoms with van der Waals surface area (Å²) in [6.45, 7) is 0. The number of H-pyrrole nitrogens is 2. The van der Waals surface area contributed by atoms with E-state index in [9.17, 15) is 9.90 Å². The lowest BCUT2D eigenvalue weighted by molar-refractivity contribution is 0.160. The molecule has 0 aliphatic heterocycles. The van der Waals surface area contributed by atoms with Crippen molar-refractivity contribution < 1.29 is 5.11 Å². The smallest absolute Gasteiger partial charge is 0.323 e. The zero-order valence-electron chi connectivity index (χ0n) is 8.86. The lowest BCUT2D eigenvalue weighted by Crippen LogP contribution is -1.99. The zero-order chi connectivity index (χ0) is 11.1. The van der Waals surface area contributed by atoms with Gasteiger partial charge in [0, 0.05) is 0 Å². The molecule has 1 aromatic heterocycles. The van der Waals surface area contributed by atoms with E-state index >= 15 is 0 Å². The first kappa shape index (κ1) is 9.66. The summed E-state index contributed by atoms with van der Waals surface area (Å²) in [6, 6.07) is 5.55. The van der Waals surface area contributed by atoms with Crippen LogP contribution in [0.5, 0.6) is 0 Å². The first-order chi connectivity index (χ1) is 7.72. The number of aliphatic hydroxyl groups is 1. The molecule has 3 rings (SSSR count). The average molecular weight is 218 g/mol. The summed E-state index contributed by atoms with van der Waals surface area (Å²) in [4.78, 5) is 16.5. The molecule has 1 saturated carbocycles. The van der Waals surface area contributed by atoms with E-state index in [1.807, 2.05) is 18.2 Å². The fraction of sp³-hybridized carbons (Fsp3) is 0.417. The molecule has 1 heterocycles. The minimum atomic E-state index is -0.407. The van der Waals surface area contributed by atoms with Crippen LogP contribution in [-0.2, 0) is 0 Å². The van der Waals surface area contributed by atoms with Crippen LogP contribution >= 0.6 is 0 Å². The second-order valence-corrected chi connectivity index (χ2v) is 4.58. The average Bonchev–Trinajstić information content (AvgIpc) is 2.96. The lowest BCUT2D eigenvalue weighted by Gasteiger charge is -2.09. The van der Waals surface area contributed by atoms with Gasteiger partial charge in [0.1, 0.15) is 0 Å². The van der Waals surface area contributed by atoms with E-state index in [1.165, 1.54) is 12.8 Å². The number of fused-ring (bicyclic) bond motifs is 1. The zero-order valence-corrected chi connectivity index (χ0v) is 8.86. The van der Waals surface area contributed by atoms with E-state index in [0.29, 0.717) is 5.92 Å². The minimum Gasteiger partial charge on any atom is -0.388 e. The molecule has 4 nitrogen and oxygen atoms in total. The molecule has 1 aliphatic rings. The van der Waals surface area contributed by atoms with E-state index < -0.39 is 6.10 Å². The third kappa shape index (κ3) is 1.76.